The third-order valence-corrected chi connectivity index (χ3v) is 3.71. The van der Waals surface area contributed by atoms with Gasteiger partial charge >= 0.3 is 0 Å². The molecule has 1 aliphatic rings. The third-order valence-electron chi connectivity index (χ3n) is 3.71. The zero-order chi connectivity index (χ0) is 11.8. The van der Waals surface area contributed by atoms with Gasteiger partial charge in [0.25, 0.3) is 0 Å². The van der Waals surface area contributed by atoms with Crippen molar-refractivity contribution in [3.05, 3.63) is 42.2 Å². The lowest BCUT2D eigenvalue weighted by atomic mass is 9.97. The highest BCUT2D eigenvalue weighted by atomic mass is 15.2. The lowest BCUT2D eigenvalue weighted by Gasteiger charge is -2.24. The van der Waals surface area contributed by atoms with Gasteiger partial charge in [-0.2, -0.15) is 0 Å². The van der Waals surface area contributed by atoms with Gasteiger partial charge < -0.3 is 5.73 Å². The van der Waals surface area contributed by atoms with E-state index in [0.29, 0.717) is 6.04 Å². The monoisotopic (exact) mass is 227 g/mol. The van der Waals surface area contributed by atoms with Gasteiger partial charge in [0.2, 0.25) is 0 Å². The van der Waals surface area contributed by atoms with Crippen LogP contribution in [0.3, 0.4) is 0 Å². The van der Waals surface area contributed by atoms with E-state index in [1.54, 1.807) is 0 Å². The number of likely N-dealkylation sites (N-methyl/N-ethyl adjacent to an activating group) is 1. The van der Waals surface area contributed by atoms with E-state index in [2.05, 4.69) is 35.1 Å². The number of fused-ring (bicyclic) bond motifs is 1. The molecular formula is C14H17N3. The van der Waals surface area contributed by atoms with Crippen molar-refractivity contribution in [1.82, 2.24) is 9.88 Å². The van der Waals surface area contributed by atoms with E-state index in [-0.39, 0.29) is 6.04 Å². The lowest BCUT2D eigenvalue weighted by Crippen LogP contribution is -2.29. The fourth-order valence-corrected chi connectivity index (χ4v) is 2.82. The van der Waals surface area contributed by atoms with Crippen molar-refractivity contribution < 1.29 is 0 Å². The van der Waals surface area contributed by atoms with Gasteiger partial charge in [-0.15, -0.1) is 0 Å². The molecule has 2 aromatic rings. The summed E-state index contributed by atoms with van der Waals surface area (Å²) in [5.74, 6) is 0. The molecule has 0 spiro atoms. The van der Waals surface area contributed by atoms with Gasteiger partial charge in [0.1, 0.15) is 0 Å². The molecule has 0 aliphatic carbocycles. The number of hydrogen-bond acceptors (Lipinski definition) is 3. The second-order valence-electron chi connectivity index (χ2n) is 4.83. The molecule has 3 rings (SSSR count). The summed E-state index contributed by atoms with van der Waals surface area (Å²) in [7, 11) is 2.14. The maximum atomic E-state index is 6.22. The molecule has 1 fully saturated rings. The SMILES string of the molecule is CN1CCC(N)C1c1cncc2ccccc12. The number of hydrogen-bond donors (Lipinski definition) is 1. The van der Waals surface area contributed by atoms with E-state index in [4.69, 9.17) is 5.73 Å². The Labute approximate surface area is 101 Å². The maximum Gasteiger partial charge on any atom is 0.0518 e. The molecule has 1 aromatic carbocycles. The van der Waals surface area contributed by atoms with Crippen molar-refractivity contribution in [2.24, 2.45) is 5.73 Å². The Balaban J connectivity index is 2.17. The molecule has 0 amide bonds. The third kappa shape index (κ3) is 1.72. The van der Waals surface area contributed by atoms with Crippen LogP contribution < -0.4 is 5.73 Å². The Morgan fingerprint density at radius 1 is 1.29 bits per heavy atom. The van der Waals surface area contributed by atoms with Crippen LogP contribution in [-0.2, 0) is 0 Å². The first-order valence-electron chi connectivity index (χ1n) is 6.06. The fraction of sp³-hybridized carbons (Fsp3) is 0.357. The molecule has 1 saturated heterocycles. The lowest BCUT2D eigenvalue weighted by molar-refractivity contribution is 0.305. The zero-order valence-electron chi connectivity index (χ0n) is 10.0. The summed E-state index contributed by atoms with van der Waals surface area (Å²) in [6.07, 6.45) is 4.94. The molecule has 0 bridgehead atoms. The molecule has 2 atom stereocenters. The number of nitrogens with zero attached hydrogens (tertiary/aromatic N) is 2. The van der Waals surface area contributed by atoms with Crippen molar-refractivity contribution in [1.29, 1.82) is 0 Å². The van der Waals surface area contributed by atoms with Crippen LogP contribution in [0.15, 0.2) is 36.7 Å². The minimum atomic E-state index is 0.215. The number of likely N-dealkylation sites (tertiary alicyclic amines) is 1. The predicted octanol–water partition coefficient (Wildman–Crippen LogP) is 1.94. The second kappa shape index (κ2) is 4.09. The quantitative estimate of drug-likeness (QED) is 0.809. The van der Waals surface area contributed by atoms with Gasteiger partial charge in [-0.3, -0.25) is 9.88 Å². The summed E-state index contributed by atoms with van der Waals surface area (Å²) < 4.78 is 0. The van der Waals surface area contributed by atoms with Gasteiger partial charge in [0, 0.05) is 30.4 Å². The van der Waals surface area contributed by atoms with Gasteiger partial charge in [-0.1, -0.05) is 24.3 Å². The van der Waals surface area contributed by atoms with Crippen LogP contribution in [0.25, 0.3) is 10.8 Å². The molecule has 2 heterocycles. The molecule has 2 unspecified atom stereocenters. The molecule has 3 nitrogen and oxygen atoms in total. The Bertz CT molecular complexity index is 522. The predicted molar refractivity (Wildman–Crippen MR) is 69.7 cm³/mol. The molecule has 1 aliphatic heterocycles. The van der Waals surface area contributed by atoms with Crippen LogP contribution in [0.5, 0.6) is 0 Å². The Morgan fingerprint density at radius 3 is 2.88 bits per heavy atom. The number of nitrogens with two attached hydrogens (primary N) is 1. The van der Waals surface area contributed by atoms with Crippen LogP contribution in [0, 0.1) is 0 Å². The Hall–Kier alpha value is -1.45. The molecule has 3 heteroatoms. The Kier molecular flexibility index (Phi) is 2.57. The van der Waals surface area contributed by atoms with Gasteiger partial charge in [-0.25, -0.2) is 0 Å². The van der Waals surface area contributed by atoms with E-state index in [0.717, 1.165) is 13.0 Å². The van der Waals surface area contributed by atoms with E-state index >= 15 is 0 Å². The van der Waals surface area contributed by atoms with Crippen molar-refractivity contribution in [2.75, 3.05) is 13.6 Å². The summed E-state index contributed by atoms with van der Waals surface area (Å²) in [5, 5.41) is 2.47. The van der Waals surface area contributed by atoms with Crippen molar-refractivity contribution in [3.8, 4) is 0 Å². The molecule has 1 aromatic heterocycles. The zero-order valence-corrected chi connectivity index (χ0v) is 10.0. The number of benzene rings is 1. The topological polar surface area (TPSA) is 42.1 Å². The molecule has 88 valence electrons. The van der Waals surface area contributed by atoms with Crippen LogP contribution in [0.2, 0.25) is 0 Å². The first-order valence-corrected chi connectivity index (χ1v) is 6.06. The van der Waals surface area contributed by atoms with Gasteiger partial charge in [0.05, 0.1) is 6.04 Å². The molecule has 0 saturated carbocycles. The molecule has 0 radical (unpaired) electrons. The summed E-state index contributed by atoms with van der Waals surface area (Å²) in [4.78, 5) is 6.67. The average molecular weight is 227 g/mol. The van der Waals surface area contributed by atoms with Crippen molar-refractivity contribution >= 4 is 10.8 Å². The van der Waals surface area contributed by atoms with Crippen LogP contribution in [0.4, 0.5) is 0 Å². The smallest absolute Gasteiger partial charge is 0.0518 e. The van der Waals surface area contributed by atoms with Gasteiger partial charge in [0.15, 0.2) is 0 Å². The van der Waals surface area contributed by atoms with Crippen LogP contribution >= 0.6 is 0 Å². The second-order valence-corrected chi connectivity index (χ2v) is 4.83. The minimum absolute atomic E-state index is 0.215. The highest BCUT2D eigenvalue weighted by molar-refractivity contribution is 5.85. The first-order chi connectivity index (χ1) is 8.27. The largest absolute Gasteiger partial charge is 0.326 e. The maximum absolute atomic E-state index is 6.22. The summed E-state index contributed by atoms with van der Waals surface area (Å²) in [6.45, 7) is 1.06. The molecular weight excluding hydrogens is 210 g/mol. The number of aromatic nitrogens is 1. The van der Waals surface area contributed by atoms with E-state index < -0.39 is 0 Å². The fourth-order valence-electron chi connectivity index (χ4n) is 2.82. The van der Waals surface area contributed by atoms with E-state index in [1.807, 2.05) is 18.5 Å². The highest BCUT2D eigenvalue weighted by Crippen LogP contribution is 2.33. The summed E-state index contributed by atoms with van der Waals surface area (Å²) in [6, 6.07) is 8.90. The van der Waals surface area contributed by atoms with Gasteiger partial charge in [-0.05, 0) is 24.4 Å². The highest BCUT2D eigenvalue weighted by Gasteiger charge is 2.31. The molecule has 2 N–H and O–H groups in total. The summed E-state index contributed by atoms with van der Waals surface area (Å²) in [5.41, 5.74) is 7.48. The van der Waals surface area contributed by atoms with Crippen LogP contribution in [-0.4, -0.2) is 29.5 Å². The average Bonchev–Trinajstić information content (AvgIpc) is 2.69. The standard InChI is InChI=1S/C14H17N3/c1-17-7-6-13(15)14(17)12-9-16-8-10-4-2-3-5-11(10)12/h2-5,8-9,13-14H,6-7,15H2,1H3. The number of pyridine rings is 1. The van der Waals surface area contributed by atoms with Crippen LogP contribution in [0.1, 0.15) is 18.0 Å². The summed E-state index contributed by atoms with van der Waals surface area (Å²) >= 11 is 0. The molecule has 17 heavy (non-hydrogen) atoms. The first kappa shape index (κ1) is 10.7. The van der Waals surface area contributed by atoms with Crippen molar-refractivity contribution in [3.63, 3.8) is 0 Å². The minimum Gasteiger partial charge on any atom is -0.326 e. The van der Waals surface area contributed by atoms with E-state index in [9.17, 15) is 0 Å². The number of rotatable bonds is 1. The normalized spacial score (nSPS) is 25.5. The van der Waals surface area contributed by atoms with E-state index in [1.165, 1.54) is 16.3 Å². The van der Waals surface area contributed by atoms with Crippen molar-refractivity contribution in [2.45, 2.75) is 18.5 Å². The Morgan fingerprint density at radius 2 is 2.12 bits per heavy atom.